The summed E-state index contributed by atoms with van der Waals surface area (Å²) >= 11 is 0. The topological polar surface area (TPSA) is 80.8 Å². The molecule has 36 heavy (non-hydrogen) atoms. The van der Waals surface area contributed by atoms with Crippen molar-refractivity contribution in [2.24, 2.45) is 11.8 Å². The molecule has 0 N–H and O–H groups in total. The van der Waals surface area contributed by atoms with Crippen LogP contribution in [0.1, 0.15) is 51.4 Å². The van der Waals surface area contributed by atoms with E-state index in [2.05, 4.69) is 0 Å². The summed E-state index contributed by atoms with van der Waals surface area (Å²) in [4.78, 5) is 53.6. The van der Waals surface area contributed by atoms with Crippen LogP contribution >= 0.6 is 0 Å². The van der Waals surface area contributed by atoms with Gasteiger partial charge in [0.05, 0.1) is 11.8 Å². The van der Waals surface area contributed by atoms with Gasteiger partial charge in [-0.2, -0.15) is 0 Å². The lowest BCUT2D eigenvalue weighted by molar-refractivity contribution is -0.157. The number of hydrogen-bond donors (Lipinski definition) is 0. The molecule has 0 spiro atoms. The summed E-state index contributed by atoms with van der Waals surface area (Å²) in [6.45, 7) is 0.875. The number of nitrogens with zero attached hydrogens (tertiary/aromatic N) is 1. The van der Waals surface area contributed by atoms with Gasteiger partial charge >= 0.3 is 5.97 Å². The molecule has 1 fully saturated rings. The van der Waals surface area contributed by atoms with Crippen LogP contribution in [-0.4, -0.2) is 41.1 Å². The molecule has 4 aliphatic rings. The summed E-state index contributed by atoms with van der Waals surface area (Å²) in [7, 11) is 0. The number of hydrogen-bond acceptors (Lipinski definition) is 5. The van der Waals surface area contributed by atoms with E-state index in [0.29, 0.717) is 0 Å². The first-order valence-electron chi connectivity index (χ1n) is 11.9. The Balaban J connectivity index is 1.26. The minimum absolute atomic E-state index is 0.198. The number of ketones is 1. The highest BCUT2D eigenvalue weighted by molar-refractivity contribution is 6.10. The lowest BCUT2D eigenvalue weighted by Crippen LogP contribution is -2.45. The van der Waals surface area contributed by atoms with Gasteiger partial charge in [0, 0.05) is 17.4 Å². The third kappa shape index (κ3) is 3.15. The van der Waals surface area contributed by atoms with Gasteiger partial charge in [-0.1, -0.05) is 48.5 Å². The summed E-state index contributed by atoms with van der Waals surface area (Å²) in [6.07, 6.45) is 0. The molecule has 0 aromatic heterocycles. The molecule has 3 aromatic rings. The molecule has 3 aliphatic carbocycles. The SMILES string of the molecule is C[C@@H](C(=O)OCC(=O)c1ccc(F)cc1)N1C(=O)[C@@H]2C3c4ccccc4C(c4ccccc43)[C@@H]2C1=O. The minimum Gasteiger partial charge on any atom is -0.456 e. The van der Waals surface area contributed by atoms with Crippen molar-refractivity contribution in [3.8, 4) is 0 Å². The Bertz CT molecular complexity index is 1320. The summed E-state index contributed by atoms with van der Waals surface area (Å²) in [5, 5.41) is 0. The molecule has 7 rings (SSSR count). The predicted molar refractivity (Wildman–Crippen MR) is 127 cm³/mol. The number of halogens is 1. The average molecular weight is 483 g/mol. The van der Waals surface area contributed by atoms with Crippen molar-refractivity contribution in [3.63, 3.8) is 0 Å². The van der Waals surface area contributed by atoms with E-state index in [1.807, 2.05) is 48.5 Å². The van der Waals surface area contributed by atoms with Gasteiger partial charge in [-0.3, -0.25) is 19.3 Å². The maximum absolute atomic E-state index is 13.7. The van der Waals surface area contributed by atoms with Gasteiger partial charge in [0.2, 0.25) is 11.8 Å². The van der Waals surface area contributed by atoms with E-state index in [4.69, 9.17) is 4.74 Å². The fourth-order valence-corrected chi connectivity index (χ4v) is 6.16. The number of carbonyl (C=O) groups is 4. The Morgan fingerprint density at radius 3 is 1.69 bits per heavy atom. The molecule has 0 unspecified atom stereocenters. The van der Waals surface area contributed by atoms with Crippen molar-refractivity contribution < 1.29 is 28.3 Å². The number of likely N-dealkylation sites (tertiary alicyclic amines) is 1. The Hall–Kier alpha value is -4.13. The van der Waals surface area contributed by atoms with Crippen molar-refractivity contribution >= 4 is 23.6 Å². The number of rotatable bonds is 5. The van der Waals surface area contributed by atoms with Gasteiger partial charge in [-0.05, 0) is 53.4 Å². The van der Waals surface area contributed by atoms with Crippen molar-refractivity contribution in [2.45, 2.75) is 24.8 Å². The second-order valence-electron chi connectivity index (χ2n) is 9.52. The van der Waals surface area contributed by atoms with Crippen molar-refractivity contribution in [1.29, 1.82) is 0 Å². The Labute approximate surface area is 206 Å². The zero-order valence-corrected chi connectivity index (χ0v) is 19.4. The first-order chi connectivity index (χ1) is 17.4. The predicted octanol–water partition coefficient (Wildman–Crippen LogP) is 3.83. The largest absolute Gasteiger partial charge is 0.456 e. The number of carbonyl (C=O) groups excluding carboxylic acids is 4. The minimum atomic E-state index is -1.18. The van der Waals surface area contributed by atoms with Crippen LogP contribution in [0.25, 0.3) is 0 Å². The molecule has 6 nitrogen and oxygen atoms in total. The molecule has 2 bridgehead atoms. The molecule has 0 radical (unpaired) electrons. The van der Waals surface area contributed by atoms with Crippen molar-refractivity contribution in [2.75, 3.05) is 6.61 Å². The quantitative estimate of drug-likeness (QED) is 0.313. The summed E-state index contributed by atoms with van der Waals surface area (Å²) in [6, 6.07) is 19.5. The van der Waals surface area contributed by atoms with Crippen molar-refractivity contribution in [3.05, 3.63) is 106 Å². The first-order valence-corrected chi connectivity index (χ1v) is 11.9. The monoisotopic (exact) mass is 483 g/mol. The van der Waals surface area contributed by atoms with E-state index < -0.39 is 53.9 Å². The number of imide groups is 1. The summed E-state index contributed by atoms with van der Waals surface area (Å²) in [5.74, 6) is -4.33. The number of amides is 2. The van der Waals surface area contributed by atoms with Crippen molar-refractivity contribution in [1.82, 2.24) is 4.90 Å². The number of esters is 1. The third-order valence-corrected chi connectivity index (χ3v) is 7.72. The lowest BCUT2D eigenvalue weighted by Gasteiger charge is -2.45. The molecular formula is C29H22FNO5. The van der Waals surface area contributed by atoms with Crippen LogP contribution in [0.3, 0.4) is 0 Å². The molecule has 3 aromatic carbocycles. The van der Waals surface area contributed by atoms with Gasteiger partial charge < -0.3 is 4.74 Å². The van der Waals surface area contributed by atoms with Gasteiger partial charge in [0.15, 0.2) is 12.4 Å². The van der Waals surface area contributed by atoms with E-state index in [-0.39, 0.29) is 17.4 Å². The number of Topliss-reactive ketones (excluding diaryl/α,β-unsaturated/α-hetero) is 1. The van der Waals surface area contributed by atoms with E-state index >= 15 is 0 Å². The number of benzene rings is 3. The van der Waals surface area contributed by atoms with Crippen LogP contribution in [0.2, 0.25) is 0 Å². The van der Waals surface area contributed by atoms with Crippen LogP contribution < -0.4 is 0 Å². The molecule has 7 heteroatoms. The molecular weight excluding hydrogens is 461 g/mol. The molecule has 1 saturated heterocycles. The highest BCUT2D eigenvalue weighted by Gasteiger charge is 2.62. The second kappa shape index (κ2) is 8.22. The highest BCUT2D eigenvalue weighted by Crippen LogP contribution is 2.61. The fourth-order valence-electron chi connectivity index (χ4n) is 6.16. The number of ether oxygens (including phenoxy) is 1. The summed E-state index contributed by atoms with van der Waals surface area (Å²) in [5.41, 5.74) is 4.38. The smallest absolute Gasteiger partial charge is 0.329 e. The van der Waals surface area contributed by atoms with E-state index in [0.717, 1.165) is 39.3 Å². The Morgan fingerprint density at radius 1 is 0.806 bits per heavy atom. The van der Waals surface area contributed by atoms with Gasteiger partial charge in [-0.15, -0.1) is 0 Å². The van der Waals surface area contributed by atoms with Crippen LogP contribution in [0.15, 0.2) is 72.8 Å². The van der Waals surface area contributed by atoms with Crippen LogP contribution in [0.5, 0.6) is 0 Å². The van der Waals surface area contributed by atoms with E-state index in [1.54, 1.807) is 0 Å². The van der Waals surface area contributed by atoms with Crippen LogP contribution in [-0.2, 0) is 19.1 Å². The van der Waals surface area contributed by atoms with Crippen LogP contribution in [0, 0.1) is 17.7 Å². The van der Waals surface area contributed by atoms with E-state index in [9.17, 15) is 23.6 Å². The normalized spacial score (nSPS) is 24.1. The zero-order chi connectivity index (χ0) is 25.1. The van der Waals surface area contributed by atoms with Gasteiger partial charge in [0.1, 0.15) is 11.9 Å². The third-order valence-electron chi connectivity index (χ3n) is 7.72. The Kier molecular flexibility index (Phi) is 5.10. The molecule has 180 valence electrons. The molecule has 1 heterocycles. The first kappa shape index (κ1) is 22.3. The standard InChI is InChI=1S/C29H22FNO5/c1-15(29(35)36-14-22(32)16-10-12-17(30)13-11-16)31-27(33)25-23-18-6-2-3-7-19(18)24(26(25)28(31)34)21-9-5-4-8-20(21)23/h2-13,15,23-26H,14H2,1H3/t15-,23?,24?,25-,26+/m0/s1. The molecule has 0 saturated carbocycles. The average Bonchev–Trinajstić information content (AvgIpc) is 3.17. The Morgan fingerprint density at radius 2 is 1.25 bits per heavy atom. The summed E-state index contributed by atoms with van der Waals surface area (Å²) < 4.78 is 18.3. The van der Waals surface area contributed by atoms with E-state index in [1.165, 1.54) is 19.1 Å². The molecule has 3 atom stereocenters. The van der Waals surface area contributed by atoms with Crippen LogP contribution in [0.4, 0.5) is 4.39 Å². The van der Waals surface area contributed by atoms with Gasteiger partial charge in [-0.25, -0.2) is 9.18 Å². The lowest BCUT2D eigenvalue weighted by atomic mass is 9.55. The van der Waals surface area contributed by atoms with Gasteiger partial charge in [0.25, 0.3) is 0 Å². The maximum Gasteiger partial charge on any atom is 0.329 e. The second-order valence-corrected chi connectivity index (χ2v) is 9.52. The highest BCUT2D eigenvalue weighted by atomic mass is 19.1. The fraction of sp³-hybridized carbons (Fsp3) is 0.241. The zero-order valence-electron chi connectivity index (χ0n) is 19.4. The molecule has 1 aliphatic heterocycles. The molecule has 2 amide bonds. The maximum atomic E-state index is 13.7.